The Bertz CT molecular complexity index is 3100. The molecule has 0 aliphatic heterocycles. The van der Waals surface area contributed by atoms with Gasteiger partial charge in [0.15, 0.2) is 0 Å². The first-order chi connectivity index (χ1) is 26.2. The van der Waals surface area contributed by atoms with Crippen LogP contribution in [-0.2, 0) is 0 Å². The maximum absolute atomic E-state index is 2.42. The molecule has 10 aromatic rings. The monoisotopic (exact) mass is 672 g/mol. The molecule has 0 nitrogen and oxygen atoms in total. The number of allylic oxidation sites excluding steroid dienone is 6. The molecule has 0 spiro atoms. The zero-order valence-corrected chi connectivity index (χ0v) is 29.7. The van der Waals surface area contributed by atoms with E-state index in [1.165, 1.54) is 115 Å². The van der Waals surface area contributed by atoms with Gasteiger partial charge in [0.2, 0.25) is 0 Å². The highest BCUT2D eigenvalue weighted by Crippen LogP contribution is 2.41. The van der Waals surface area contributed by atoms with Crippen molar-refractivity contribution in [1.82, 2.24) is 0 Å². The average Bonchev–Trinajstić information content (AvgIpc) is 3.20. The van der Waals surface area contributed by atoms with E-state index in [1.807, 2.05) is 0 Å². The van der Waals surface area contributed by atoms with Gasteiger partial charge < -0.3 is 0 Å². The molecule has 0 saturated heterocycles. The third-order valence-electron chi connectivity index (χ3n) is 11.7. The molecule has 0 heterocycles. The fourth-order valence-corrected chi connectivity index (χ4v) is 9.09. The lowest BCUT2D eigenvalue weighted by atomic mass is 9.88. The predicted molar refractivity (Wildman–Crippen MR) is 230 cm³/mol. The predicted octanol–water partition coefficient (Wildman–Crippen LogP) is 15.0. The Hall–Kier alpha value is -6.50. The Balaban J connectivity index is 0.948. The summed E-state index contributed by atoms with van der Waals surface area (Å²) >= 11 is 0. The van der Waals surface area contributed by atoms with Crippen LogP contribution >= 0.6 is 0 Å². The second kappa shape index (κ2) is 11.8. The van der Waals surface area contributed by atoms with Crippen LogP contribution in [0.3, 0.4) is 0 Å². The first-order valence-corrected chi connectivity index (χ1v) is 18.8. The van der Waals surface area contributed by atoms with E-state index in [1.54, 1.807) is 0 Å². The van der Waals surface area contributed by atoms with Crippen LogP contribution in [0, 0.1) is 0 Å². The highest BCUT2D eigenvalue weighted by atomic mass is 14.2. The van der Waals surface area contributed by atoms with Crippen molar-refractivity contribution >= 4 is 75.8 Å². The van der Waals surface area contributed by atoms with E-state index < -0.39 is 0 Å². The molecular formula is C53H36. The van der Waals surface area contributed by atoms with E-state index in [4.69, 9.17) is 0 Å². The summed E-state index contributed by atoms with van der Waals surface area (Å²) in [6.45, 7) is 2.26. The molecule has 11 rings (SSSR count). The minimum absolute atomic E-state index is 1.03. The molecule has 0 atom stereocenters. The van der Waals surface area contributed by atoms with Crippen molar-refractivity contribution in [3.8, 4) is 22.3 Å². The Morgan fingerprint density at radius 2 is 0.736 bits per heavy atom. The molecule has 53 heavy (non-hydrogen) atoms. The Morgan fingerprint density at radius 1 is 0.340 bits per heavy atom. The highest BCUT2D eigenvalue weighted by Gasteiger charge is 2.15. The minimum Gasteiger partial charge on any atom is -0.0763 e. The summed E-state index contributed by atoms with van der Waals surface area (Å²) in [5.41, 5.74) is 11.5. The molecule has 1 aliphatic rings. The van der Waals surface area contributed by atoms with Crippen LogP contribution in [0.25, 0.3) is 98.0 Å². The topological polar surface area (TPSA) is 0 Å². The van der Waals surface area contributed by atoms with Crippen LogP contribution in [0.1, 0.15) is 30.9 Å². The summed E-state index contributed by atoms with van der Waals surface area (Å²) in [5.74, 6) is 0. The van der Waals surface area contributed by atoms with Crippen LogP contribution in [-0.4, -0.2) is 0 Å². The summed E-state index contributed by atoms with van der Waals surface area (Å²) in [6.07, 6.45) is 9.28. The van der Waals surface area contributed by atoms with Gasteiger partial charge in [-0.2, -0.15) is 0 Å². The minimum atomic E-state index is 1.03. The van der Waals surface area contributed by atoms with E-state index in [2.05, 4.69) is 183 Å². The summed E-state index contributed by atoms with van der Waals surface area (Å²) < 4.78 is 0. The molecule has 0 unspecified atom stereocenters. The van der Waals surface area contributed by atoms with Gasteiger partial charge in [-0.15, -0.1) is 0 Å². The Kier molecular flexibility index (Phi) is 6.70. The van der Waals surface area contributed by atoms with Crippen molar-refractivity contribution in [2.75, 3.05) is 0 Å². The standard InChI is InChI=1S/C53H36/c1-33-5-2-10-44(34-11-15-36(16-12-34)46-27-23-42-21-19-38-6-3-8-40-25-29-48(46)52(42)50(38)40)32-45(31-33)35-13-17-37(18-14-35)47-28-24-43-22-20-39-7-4-9-41-26-30-49(47)53(43)51(39)41/h3-4,6-32H,2,5H2,1H3/b33-31+,44-10+,45-32+. The lowest BCUT2D eigenvalue weighted by Crippen LogP contribution is -1.92. The maximum Gasteiger partial charge on any atom is -0.00206 e. The fourth-order valence-electron chi connectivity index (χ4n) is 9.09. The maximum atomic E-state index is 2.42. The third kappa shape index (κ3) is 4.83. The van der Waals surface area contributed by atoms with Gasteiger partial charge in [-0.05, 0) is 135 Å². The summed E-state index contributed by atoms with van der Waals surface area (Å²) in [6, 6.07) is 59.0. The molecule has 0 radical (unpaired) electrons. The van der Waals surface area contributed by atoms with Crippen LogP contribution in [0.2, 0.25) is 0 Å². The molecule has 0 fully saturated rings. The second-order valence-electron chi connectivity index (χ2n) is 14.9. The normalized spacial score (nSPS) is 16.9. The number of hydrogen-bond acceptors (Lipinski definition) is 0. The van der Waals surface area contributed by atoms with Gasteiger partial charge >= 0.3 is 0 Å². The van der Waals surface area contributed by atoms with Gasteiger partial charge in [-0.3, -0.25) is 0 Å². The lowest BCUT2D eigenvalue weighted by Gasteiger charge is -2.16. The zero-order valence-electron chi connectivity index (χ0n) is 29.7. The number of hydrogen-bond donors (Lipinski definition) is 0. The fraction of sp³-hybridized carbons (Fsp3) is 0.0566. The Labute approximate surface area is 309 Å². The molecule has 248 valence electrons. The van der Waals surface area contributed by atoms with Gasteiger partial charge in [-0.25, -0.2) is 0 Å². The van der Waals surface area contributed by atoms with Gasteiger partial charge in [-0.1, -0.05) is 175 Å². The molecule has 1 aliphatic carbocycles. The van der Waals surface area contributed by atoms with Crippen molar-refractivity contribution in [1.29, 1.82) is 0 Å². The van der Waals surface area contributed by atoms with Crippen molar-refractivity contribution in [2.45, 2.75) is 19.8 Å². The van der Waals surface area contributed by atoms with Crippen molar-refractivity contribution in [2.24, 2.45) is 0 Å². The molecule has 0 saturated carbocycles. The summed E-state index contributed by atoms with van der Waals surface area (Å²) in [5, 5.41) is 15.9. The quantitative estimate of drug-likeness (QED) is 0.163. The van der Waals surface area contributed by atoms with Crippen molar-refractivity contribution < 1.29 is 0 Å². The van der Waals surface area contributed by atoms with E-state index in [9.17, 15) is 0 Å². The molecule has 0 amide bonds. The van der Waals surface area contributed by atoms with Crippen molar-refractivity contribution in [3.63, 3.8) is 0 Å². The van der Waals surface area contributed by atoms with Crippen LogP contribution < -0.4 is 0 Å². The van der Waals surface area contributed by atoms with Gasteiger partial charge in [0.05, 0.1) is 0 Å². The van der Waals surface area contributed by atoms with E-state index >= 15 is 0 Å². The highest BCUT2D eigenvalue weighted by molar-refractivity contribution is 6.26. The number of rotatable bonds is 4. The third-order valence-corrected chi connectivity index (χ3v) is 11.7. The Morgan fingerprint density at radius 3 is 1.23 bits per heavy atom. The molecule has 0 heteroatoms. The van der Waals surface area contributed by atoms with Gasteiger partial charge in [0.1, 0.15) is 0 Å². The molecule has 10 aromatic carbocycles. The first-order valence-electron chi connectivity index (χ1n) is 18.8. The van der Waals surface area contributed by atoms with Gasteiger partial charge in [0.25, 0.3) is 0 Å². The second-order valence-corrected chi connectivity index (χ2v) is 14.9. The SMILES string of the molecule is C\C1=C/C(c2ccc(-c3ccc4ccc5cccc6ccc3c4c56)cc2)=C\C(c2ccc(-c3ccc4ccc5cccc6ccc3c4c56)cc2)=C/CC1. The lowest BCUT2D eigenvalue weighted by molar-refractivity contribution is 0.978. The largest absolute Gasteiger partial charge is 0.0763 e. The molecular weight excluding hydrogens is 637 g/mol. The molecule has 0 bridgehead atoms. The van der Waals surface area contributed by atoms with Crippen LogP contribution in [0.4, 0.5) is 0 Å². The summed E-state index contributed by atoms with van der Waals surface area (Å²) in [4.78, 5) is 0. The molecule has 0 N–H and O–H groups in total. The average molecular weight is 673 g/mol. The van der Waals surface area contributed by atoms with Crippen LogP contribution in [0.5, 0.6) is 0 Å². The number of benzene rings is 10. The van der Waals surface area contributed by atoms with E-state index in [-0.39, 0.29) is 0 Å². The van der Waals surface area contributed by atoms with E-state index in [0.717, 1.165) is 12.8 Å². The first kappa shape index (κ1) is 30.2. The zero-order chi connectivity index (χ0) is 35.0. The summed E-state index contributed by atoms with van der Waals surface area (Å²) in [7, 11) is 0. The molecule has 0 aromatic heterocycles. The smallest absolute Gasteiger partial charge is 0.00206 e. The van der Waals surface area contributed by atoms with Crippen molar-refractivity contribution in [3.05, 3.63) is 193 Å². The van der Waals surface area contributed by atoms with E-state index in [0.29, 0.717) is 0 Å². The van der Waals surface area contributed by atoms with Crippen LogP contribution in [0.15, 0.2) is 182 Å². The van der Waals surface area contributed by atoms with Gasteiger partial charge in [0, 0.05) is 0 Å².